The van der Waals surface area contributed by atoms with E-state index in [0.717, 1.165) is 9.25 Å². The molecule has 0 saturated carbocycles. The Kier molecular flexibility index (Phi) is 5.78. The highest BCUT2D eigenvalue weighted by atomic mass is 35.5. The fraction of sp³-hybridized carbons (Fsp3) is 0.238. The number of aromatic nitrogens is 3. The standard InChI is InChI=1S/C21H19ClN4O4/c22-17-9-5-4-6-15(17)14-25-20(28)18(19(27)24-10-12-30-13-11-24)23-26(21(25)29)16-7-2-1-3-8-16/h1-9H,10-14H2. The molecule has 0 bridgehead atoms. The minimum absolute atomic E-state index is 0.0733. The smallest absolute Gasteiger partial charge is 0.352 e. The Bertz CT molecular complexity index is 1180. The van der Waals surface area contributed by atoms with Gasteiger partial charge in [-0.1, -0.05) is 48.0 Å². The Labute approximate surface area is 176 Å². The van der Waals surface area contributed by atoms with Gasteiger partial charge in [0, 0.05) is 18.1 Å². The minimum Gasteiger partial charge on any atom is -0.378 e. The number of ether oxygens (including phenoxy) is 1. The number of benzene rings is 2. The van der Waals surface area contributed by atoms with E-state index in [1.807, 2.05) is 0 Å². The fourth-order valence-electron chi connectivity index (χ4n) is 3.24. The Hall–Kier alpha value is -3.23. The first-order chi connectivity index (χ1) is 14.6. The summed E-state index contributed by atoms with van der Waals surface area (Å²) in [4.78, 5) is 40.8. The summed E-state index contributed by atoms with van der Waals surface area (Å²) >= 11 is 6.23. The van der Waals surface area contributed by atoms with Crippen LogP contribution in [0.5, 0.6) is 0 Å². The molecule has 3 aromatic rings. The number of amides is 1. The van der Waals surface area contributed by atoms with E-state index in [1.165, 1.54) is 4.90 Å². The molecule has 9 heteroatoms. The molecule has 8 nitrogen and oxygen atoms in total. The lowest BCUT2D eigenvalue weighted by Gasteiger charge is -2.26. The van der Waals surface area contributed by atoms with Crippen LogP contribution in [0.4, 0.5) is 0 Å². The number of morpholine rings is 1. The van der Waals surface area contributed by atoms with Crippen molar-refractivity contribution >= 4 is 17.5 Å². The molecule has 0 aliphatic carbocycles. The molecule has 0 N–H and O–H groups in total. The fourth-order valence-corrected chi connectivity index (χ4v) is 3.43. The van der Waals surface area contributed by atoms with E-state index in [-0.39, 0.29) is 12.2 Å². The van der Waals surface area contributed by atoms with Crippen LogP contribution < -0.4 is 11.2 Å². The number of carbonyl (C=O) groups excluding carboxylic acids is 1. The summed E-state index contributed by atoms with van der Waals surface area (Å²) in [6.07, 6.45) is 0. The number of hydrogen-bond acceptors (Lipinski definition) is 5. The highest BCUT2D eigenvalue weighted by Gasteiger charge is 2.26. The largest absolute Gasteiger partial charge is 0.378 e. The summed E-state index contributed by atoms with van der Waals surface area (Å²) in [6.45, 7) is 1.41. The van der Waals surface area contributed by atoms with Crippen molar-refractivity contribution < 1.29 is 9.53 Å². The summed E-state index contributed by atoms with van der Waals surface area (Å²) in [6, 6.07) is 15.6. The topological polar surface area (TPSA) is 86.4 Å². The van der Waals surface area contributed by atoms with Crippen LogP contribution in [0.3, 0.4) is 0 Å². The van der Waals surface area contributed by atoms with Crippen molar-refractivity contribution in [2.45, 2.75) is 6.54 Å². The minimum atomic E-state index is -0.747. The molecule has 0 atom stereocenters. The summed E-state index contributed by atoms with van der Waals surface area (Å²) in [5.41, 5.74) is -0.666. The molecule has 4 rings (SSSR count). The van der Waals surface area contributed by atoms with Gasteiger partial charge in [0.2, 0.25) is 5.69 Å². The van der Waals surface area contributed by atoms with Crippen molar-refractivity contribution in [2.24, 2.45) is 0 Å². The second kappa shape index (κ2) is 8.64. The second-order valence-electron chi connectivity index (χ2n) is 6.77. The summed E-state index contributed by atoms with van der Waals surface area (Å²) in [5, 5.41) is 4.57. The molecule has 154 valence electrons. The van der Waals surface area contributed by atoms with Crippen LogP contribution in [-0.2, 0) is 11.3 Å². The molecule has 2 aromatic carbocycles. The number of rotatable bonds is 4. The summed E-state index contributed by atoms with van der Waals surface area (Å²) in [5.74, 6) is -0.527. The third-order valence-electron chi connectivity index (χ3n) is 4.85. The van der Waals surface area contributed by atoms with E-state index in [4.69, 9.17) is 16.3 Å². The average molecular weight is 427 g/mol. The lowest BCUT2D eigenvalue weighted by atomic mass is 10.2. The maximum Gasteiger partial charge on any atom is 0.352 e. The van der Waals surface area contributed by atoms with Crippen LogP contribution in [0, 0.1) is 0 Å². The van der Waals surface area contributed by atoms with Gasteiger partial charge >= 0.3 is 5.69 Å². The zero-order valence-corrected chi connectivity index (χ0v) is 16.8. The van der Waals surface area contributed by atoms with Gasteiger partial charge in [-0.3, -0.25) is 14.2 Å². The Morgan fingerprint density at radius 2 is 1.67 bits per heavy atom. The Morgan fingerprint density at radius 3 is 2.37 bits per heavy atom. The predicted molar refractivity (Wildman–Crippen MR) is 111 cm³/mol. The quantitative estimate of drug-likeness (QED) is 0.632. The van der Waals surface area contributed by atoms with Crippen molar-refractivity contribution in [1.82, 2.24) is 19.2 Å². The van der Waals surface area contributed by atoms with Crippen LogP contribution in [0.25, 0.3) is 5.69 Å². The first kappa shape index (κ1) is 20.1. The molecule has 1 saturated heterocycles. The molecular formula is C21H19ClN4O4. The van der Waals surface area contributed by atoms with Crippen molar-refractivity contribution in [3.8, 4) is 5.69 Å². The molecular weight excluding hydrogens is 408 g/mol. The van der Waals surface area contributed by atoms with Gasteiger partial charge in [-0.05, 0) is 23.8 Å². The summed E-state index contributed by atoms with van der Waals surface area (Å²) in [7, 11) is 0. The van der Waals surface area contributed by atoms with Crippen LogP contribution in [0.15, 0.2) is 64.2 Å². The molecule has 1 aliphatic heterocycles. The van der Waals surface area contributed by atoms with Gasteiger partial charge < -0.3 is 9.64 Å². The van der Waals surface area contributed by atoms with Gasteiger partial charge in [0.1, 0.15) is 0 Å². The van der Waals surface area contributed by atoms with E-state index in [2.05, 4.69) is 5.10 Å². The number of nitrogens with zero attached hydrogens (tertiary/aromatic N) is 4. The van der Waals surface area contributed by atoms with Crippen molar-refractivity contribution in [3.63, 3.8) is 0 Å². The molecule has 1 aromatic heterocycles. The van der Waals surface area contributed by atoms with Gasteiger partial charge in [0.25, 0.3) is 11.5 Å². The molecule has 1 aliphatic rings. The van der Waals surface area contributed by atoms with Crippen molar-refractivity contribution in [1.29, 1.82) is 0 Å². The van der Waals surface area contributed by atoms with Crippen molar-refractivity contribution in [3.05, 3.63) is 91.7 Å². The van der Waals surface area contributed by atoms with Gasteiger partial charge in [-0.15, -0.1) is 0 Å². The third kappa shape index (κ3) is 3.92. The van der Waals surface area contributed by atoms with Crippen LogP contribution >= 0.6 is 11.6 Å². The van der Waals surface area contributed by atoms with Crippen molar-refractivity contribution in [2.75, 3.05) is 26.3 Å². The lowest BCUT2D eigenvalue weighted by molar-refractivity contribution is 0.0295. The van der Waals surface area contributed by atoms with E-state index >= 15 is 0 Å². The SMILES string of the molecule is O=C(c1nn(-c2ccccc2)c(=O)n(Cc2ccccc2Cl)c1=O)N1CCOCC1. The molecule has 0 radical (unpaired) electrons. The zero-order valence-electron chi connectivity index (χ0n) is 16.0. The number of para-hydroxylation sites is 1. The Morgan fingerprint density at radius 1 is 1.00 bits per heavy atom. The zero-order chi connectivity index (χ0) is 21.1. The highest BCUT2D eigenvalue weighted by Crippen LogP contribution is 2.15. The van der Waals surface area contributed by atoms with Gasteiger partial charge in [0.15, 0.2) is 0 Å². The highest BCUT2D eigenvalue weighted by molar-refractivity contribution is 6.31. The van der Waals surface area contributed by atoms with Gasteiger partial charge in [-0.25, -0.2) is 4.79 Å². The maximum absolute atomic E-state index is 13.1. The van der Waals surface area contributed by atoms with Crippen LogP contribution in [-0.4, -0.2) is 51.5 Å². The summed E-state index contributed by atoms with van der Waals surface area (Å²) < 4.78 is 7.35. The Balaban J connectivity index is 1.88. The van der Waals surface area contributed by atoms with Crippen LogP contribution in [0.2, 0.25) is 5.02 Å². The maximum atomic E-state index is 13.1. The predicted octanol–water partition coefficient (Wildman–Crippen LogP) is 1.57. The van der Waals surface area contributed by atoms with E-state index in [9.17, 15) is 14.4 Å². The lowest BCUT2D eigenvalue weighted by Crippen LogP contribution is -2.48. The third-order valence-corrected chi connectivity index (χ3v) is 5.22. The first-order valence-corrected chi connectivity index (χ1v) is 9.84. The molecule has 0 unspecified atom stereocenters. The van der Waals surface area contributed by atoms with Gasteiger partial charge in [0.05, 0.1) is 25.4 Å². The monoisotopic (exact) mass is 426 g/mol. The second-order valence-corrected chi connectivity index (χ2v) is 7.17. The molecule has 1 fully saturated rings. The molecule has 30 heavy (non-hydrogen) atoms. The number of halogens is 1. The number of carbonyl (C=O) groups is 1. The van der Waals surface area contributed by atoms with E-state index < -0.39 is 17.2 Å². The van der Waals surface area contributed by atoms with Crippen LogP contribution in [0.1, 0.15) is 16.1 Å². The molecule has 0 spiro atoms. The van der Waals surface area contributed by atoms with Gasteiger partial charge in [-0.2, -0.15) is 9.78 Å². The molecule has 2 heterocycles. The number of hydrogen-bond donors (Lipinski definition) is 0. The van der Waals surface area contributed by atoms with E-state index in [1.54, 1.807) is 54.6 Å². The first-order valence-electron chi connectivity index (χ1n) is 9.46. The molecule has 1 amide bonds. The normalized spacial score (nSPS) is 14.0. The van der Waals surface area contributed by atoms with E-state index in [0.29, 0.717) is 42.6 Å². The average Bonchev–Trinajstić information content (AvgIpc) is 2.79.